The van der Waals surface area contributed by atoms with Crippen molar-refractivity contribution in [3.63, 3.8) is 0 Å². The lowest BCUT2D eigenvalue weighted by atomic mass is 9.66. The zero-order valence-corrected chi connectivity index (χ0v) is 28.9. The van der Waals surface area contributed by atoms with Gasteiger partial charge in [0, 0.05) is 59.2 Å². The van der Waals surface area contributed by atoms with Gasteiger partial charge in [-0.1, -0.05) is 32.9 Å². The molecule has 9 nitrogen and oxygen atoms in total. The van der Waals surface area contributed by atoms with Crippen molar-refractivity contribution in [2.45, 2.75) is 77.4 Å². The van der Waals surface area contributed by atoms with E-state index in [1.165, 1.54) is 4.90 Å². The molecular formula is C35H43IN4O5. The summed E-state index contributed by atoms with van der Waals surface area (Å²) in [6.07, 6.45) is 8.76. The van der Waals surface area contributed by atoms with Crippen LogP contribution in [0.15, 0.2) is 54.9 Å². The van der Waals surface area contributed by atoms with Gasteiger partial charge in [0.25, 0.3) is 11.8 Å². The van der Waals surface area contributed by atoms with Crippen molar-refractivity contribution in [1.82, 2.24) is 10.2 Å². The number of rotatable bonds is 7. The Morgan fingerprint density at radius 1 is 1.00 bits per heavy atom. The Balaban J connectivity index is 0.00000400. The third kappa shape index (κ3) is 6.73. The molecule has 3 aromatic rings. The molecule has 1 aliphatic carbocycles. The zero-order chi connectivity index (χ0) is 31.3. The van der Waals surface area contributed by atoms with Gasteiger partial charge < -0.3 is 34.6 Å². The number of amides is 3. The average Bonchev–Trinajstić information content (AvgIpc) is 3.29. The van der Waals surface area contributed by atoms with Crippen LogP contribution in [0.4, 0.5) is 11.4 Å². The second kappa shape index (κ2) is 12.6. The van der Waals surface area contributed by atoms with Crippen molar-refractivity contribution in [2.75, 3.05) is 18.4 Å². The van der Waals surface area contributed by atoms with Crippen LogP contribution in [0.25, 0.3) is 10.8 Å². The Labute approximate surface area is 282 Å². The number of aryl methyl sites for hydroxylation is 1. The molecule has 2 N–H and O–H groups in total. The van der Waals surface area contributed by atoms with Crippen LogP contribution in [0.1, 0.15) is 86.9 Å². The summed E-state index contributed by atoms with van der Waals surface area (Å²) in [6, 6.07) is 13.1. The molecule has 1 atom stereocenters. The SMILES string of the molecule is C[n+]1ccc(Nc2ccc3c4c(cccc24)C(=O)N(CCNC(=O)CC2(C)CC4(CCC(C(C)(C)C)CC4)OO2)C3=O)cc1.[I-]. The number of nitrogens with one attached hydrogen (secondary N) is 2. The van der Waals surface area contributed by atoms with Gasteiger partial charge in [-0.15, -0.1) is 0 Å². The summed E-state index contributed by atoms with van der Waals surface area (Å²) in [4.78, 5) is 52.9. The third-order valence-electron chi connectivity index (χ3n) is 9.68. The molecule has 1 unspecified atom stereocenters. The molecule has 3 amide bonds. The highest BCUT2D eigenvalue weighted by Crippen LogP contribution is 2.50. The lowest BCUT2D eigenvalue weighted by molar-refractivity contribution is -0.671. The number of imide groups is 1. The van der Waals surface area contributed by atoms with Crippen molar-refractivity contribution in [3.05, 3.63) is 66.0 Å². The summed E-state index contributed by atoms with van der Waals surface area (Å²) in [6.45, 7) is 9.03. The Hall–Kier alpha value is -3.09. The predicted molar refractivity (Wildman–Crippen MR) is 167 cm³/mol. The molecule has 0 radical (unpaired) electrons. The van der Waals surface area contributed by atoms with Gasteiger partial charge in [0.2, 0.25) is 5.91 Å². The summed E-state index contributed by atoms with van der Waals surface area (Å²) in [5.74, 6) is -0.263. The smallest absolute Gasteiger partial charge is 0.261 e. The number of hydrogen-bond acceptors (Lipinski definition) is 6. The normalized spacial score (nSPS) is 24.6. The Bertz CT molecular complexity index is 1590. The van der Waals surface area contributed by atoms with Crippen LogP contribution < -0.4 is 39.2 Å². The van der Waals surface area contributed by atoms with E-state index in [4.69, 9.17) is 9.78 Å². The van der Waals surface area contributed by atoms with Crippen LogP contribution >= 0.6 is 0 Å². The second-order valence-electron chi connectivity index (χ2n) is 14.2. The fraction of sp³-hybridized carbons (Fsp3) is 0.486. The molecule has 3 heterocycles. The van der Waals surface area contributed by atoms with Gasteiger partial charge in [-0.3, -0.25) is 19.3 Å². The highest BCUT2D eigenvalue weighted by molar-refractivity contribution is 6.26. The highest BCUT2D eigenvalue weighted by Gasteiger charge is 2.52. The van der Waals surface area contributed by atoms with Crippen LogP contribution in [-0.2, 0) is 21.6 Å². The molecule has 0 bridgehead atoms. The van der Waals surface area contributed by atoms with E-state index in [0.29, 0.717) is 28.9 Å². The highest BCUT2D eigenvalue weighted by atomic mass is 127. The number of anilines is 2. The number of pyridine rings is 1. The van der Waals surface area contributed by atoms with Crippen LogP contribution in [0.3, 0.4) is 0 Å². The summed E-state index contributed by atoms with van der Waals surface area (Å²) >= 11 is 0. The van der Waals surface area contributed by atoms with E-state index in [1.807, 2.05) is 61.3 Å². The maximum atomic E-state index is 13.5. The third-order valence-corrected chi connectivity index (χ3v) is 9.68. The molecule has 1 saturated carbocycles. The van der Waals surface area contributed by atoms with Crippen LogP contribution in [0.5, 0.6) is 0 Å². The molecule has 3 aliphatic rings. The van der Waals surface area contributed by atoms with E-state index >= 15 is 0 Å². The van der Waals surface area contributed by atoms with Crippen LogP contribution in [0.2, 0.25) is 0 Å². The predicted octanol–water partition coefficient (Wildman–Crippen LogP) is 2.60. The maximum absolute atomic E-state index is 13.5. The molecular weight excluding hydrogens is 683 g/mol. The van der Waals surface area contributed by atoms with Gasteiger partial charge in [0.1, 0.15) is 18.2 Å². The lowest BCUT2D eigenvalue weighted by Crippen LogP contribution is -3.00. The first-order valence-electron chi connectivity index (χ1n) is 15.6. The minimum atomic E-state index is -0.715. The van der Waals surface area contributed by atoms with Crippen molar-refractivity contribution in [2.24, 2.45) is 18.4 Å². The molecule has 6 rings (SSSR count). The quantitative estimate of drug-likeness (QED) is 0.168. The number of benzene rings is 2. The monoisotopic (exact) mass is 726 g/mol. The topological polar surface area (TPSA) is 101 Å². The number of nitrogens with zero attached hydrogens (tertiary/aromatic N) is 2. The maximum Gasteiger partial charge on any atom is 0.261 e. The van der Waals surface area contributed by atoms with Gasteiger partial charge >= 0.3 is 0 Å². The number of aromatic nitrogens is 1. The van der Waals surface area contributed by atoms with Crippen molar-refractivity contribution in [3.8, 4) is 0 Å². The van der Waals surface area contributed by atoms with Gasteiger partial charge in [-0.05, 0) is 62.1 Å². The molecule has 2 aromatic carbocycles. The van der Waals surface area contributed by atoms with E-state index in [1.54, 1.807) is 12.1 Å². The van der Waals surface area contributed by atoms with Crippen molar-refractivity contribution in [1.29, 1.82) is 0 Å². The molecule has 45 heavy (non-hydrogen) atoms. The number of carbonyl (C=O) groups is 3. The van der Waals surface area contributed by atoms with Crippen molar-refractivity contribution < 1.29 is 52.7 Å². The fourth-order valence-corrected chi connectivity index (χ4v) is 7.20. The van der Waals surface area contributed by atoms with E-state index in [9.17, 15) is 14.4 Å². The van der Waals surface area contributed by atoms with Gasteiger partial charge in [-0.2, -0.15) is 0 Å². The first-order chi connectivity index (χ1) is 20.9. The van der Waals surface area contributed by atoms with Gasteiger partial charge in [-0.25, -0.2) is 14.3 Å². The molecule has 1 aromatic heterocycles. The summed E-state index contributed by atoms with van der Waals surface area (Å²) in [5, 5.41) is 7.76. The second-order valence-corrected chi connectivity index (χ2v) is 14.2. The fourth-order valence-electron chi connectivity index (χ4n) is 7.20. The summed E-state index contributed by atoms with van der Waals surface area (Å²) < 4.78 is 1.95. The standard InChI is InChI=1S/C35H42N4O5.HI/c1-33(2,3)23-11-15-35(16-12-23)22-34(4,43-44-35)21-29(40)36-17-20-39-31(41)26-8-6-7-25-28(10-9-27(30(25)26)32(39)42)37-24-13-18-38(5)19-14-24;/h6-10,13-14,18-19,23H,11-12,15-17,20-22H2,1-5H3,(H,36,40);1H. The Kier molecular flexibility index (Phi) is 9.32. The molecule has 1 spiro atoms. The van der Waals surface area contributed by atoms with Crippen molar-refractivity contribution >= 4 is 39.9 Å². The molecule has 1 saturated heterocycles. The molecule has 240 valence electrons. The number of carbonyl (C=O) groups excluding carboxylic acids is 3. The lowest BCUT2D eigenvalue weighted by Gasteiger charge is -2.40. The minimum Gasteiger partial charge on any atom is -1.00 e. The largest absolute Gasteiger partial charge is 1.00 e. The minimum absolute atomic E-state index is 0. The molecule has 10 heteroatoms. The van der Waals surface area contributed by atoms with E-state index in [0.717, 1.165) is 42.4 Å². The molecule has 2 fully saturated rings. The summed E-state index contributed by atoms with van der Waals surface area (Å²) in [7, 11) is 1.95. The zero-order valence-electron chi connectivity index (χ0n) is 26.7. The Morgan fingerprint density at radius 2 is 1.67 bits per heavy atom. The number of halogens is 1. The first-order valence-corrected chi connectivity index (χ1v) is 15.6. The van der Waals surface area contributed by atoms with Gasteiger partial charge in [0.15, 0.2) is 12.4 Å². The first kappa shape index (κ1) is 33.3. The summed E-state index contributed by atoms with van der Waals surface area (Å²) in [5.41, 5.74) is 1.90. The Morgan fingerprint density at radius 3 is 2.33 bits per heavy atom. The van der Waals surface area contributed by atoms with Gasteiger partial charge in [0.05, 0.1) is 12.1 Å². The van der Waals surface area contributed by atoms with E-state index in [-0.39, 0.29) is 72.2 Å². The number of hydrogen-bond donors (Lipinski definition) is 2. The molecule has 2 aliphatic heterocycles. The van der Waals surface area contributed by atoms with Crippen LogP contribution in [0, 0.1) is 11.3 Å². The van der Waals surface area contributed by atoms with E-state index in [2.05, 4.69) is 31.4 Å². The average molecular weight is 727 g/mol. The van der Waals surface area contributed by atoms with E-state index < -0.39 is 5.60 Å². The van der Waals surface area contributed by atoms with Crippen LogP contribution in [-0.4, -0.2) is 46.9 Å².